The molecule has 7 heteroatoms. The van der Waals surface area contributed by atoms with E-state index in [1.54, 1.807) is 12.1 Å². The summed E-state index contributed by atoms with van der Waals surface area (Å²) >= 11 is 12.5. The van der Waals surface area contributed by atoms with Gasteiger partial charge in [-0.15, -0.1) is 35.9 Å². The van der Waals surface area contributed by atoms with Gasteiger partial charge in [-0.1, -0.05) is 40.9 Å². The van der Waals surface area contributed by atoms with Crippen LogP contribution in [-0.4, -0.2) is 24.1 Å². The number of carbonyl (C=O) groups is 1. The fraction of sp³-hybridized carbons (Fsp3) is 0.174. The maximum atomic E-state index is 13.2. The number of methoxy groups -OCH3 is 1. The molecular weight excluding hydrogens is 463 g/mol. The van der Waals surface area contributed by atoms with Crippen LogP contribution in [0.1, 0.15) is 27.0 Å². The summed E-state index contributed by atoms with van der Waals surface area (Å²) in [4.78, 5) is 21.8. The summed E-state index contributed by atoms with van der Waals surface area (Å²) in [5.74, 6) is -0.203. The molecule has 3 aromatic rings. The minimum atomic E-state index is -0.399. The van der Waals surface area contributed by atoms with E-state index in [-0.39, 0.29) is 38.7 Å². The zero-order valence-corrected chi connectivity index (χ0v) is 19.5. The zero-order valence-electron chi connectivity index (χ0n) is 16.9. The average molecular weight is 482 g/mol. The number of hydrogen-bond acceptors (Lipinski definition) is 4. The Morgan fingerprint density at radius 1 is 1.17 bits per heavy atom. The predicted molar refractivity (Wildman–Crippen MR) is 118 cm³/mol. The number of hydrogen-bond donors (Lipinski definition) is 0. The molecule has 1 aromatic heterocycles. The first-order valence-corrected chi connectivity index (χ1v) is 9.65. The summed E-state index contributed by atoms with van der Waals surface area (Å²) in [7, 11) is 1.46. The van der Waals surface area contributed by atoms with Crippen molar-refractivity contribution < 1.29 is 26.6 Å². The van der Waals surface area contributed by atoms with Crippen LogP contribution in [0.15, 0.2) is 41.4 Å². The normalized spacial score (nSPS) is 10.7. The van der Waals surface area contributed by atoms with E-state index in [1.165, 1.54) is 13.3 Å². The van der Waals surface area contributed by atoms with Gasteiger partial charge in [0.1, 0.15) is 0 Å². The SMILES string of the molecule is COc1nc(Cl)c(Cl)c(C(=O)C=Nc2c(C)cc(C)cc2C)c1-c1[c-]cccc1.[Fe]. The van der Waals surface area contributed by atoms with Crippen molar-refractivity contribution in [1.82, 2.24) is 4.98 Å². The summed E-state index contributed by atoms with van der Waals surface area (Å²) < 4.78 is 5.37. The fourth-order valence-electron chi connectivity index (χ4n) is 3.26. The molecule has 0 fully saturated rings. The number of rotatable bonds is 5. The number of nitrogens with zero attached hydrogens (tertiary/aromatic N) is 2. The molecule has 0 N–H and O–H groups in total. The zero-order chi connectivity index (χ0) is 21.1. The molecule has 4 nitrogen and oxygen atoms in total. The number of carbonyl (C=O) groups excluding carboxylic acids is 1. The van der Waals surface area contributed by atoms with Gasteiger partial charge in [0, 0.05) is 22.6 Å². The van der Waals surface area contributed by atoms with Crippen LogP contribution in [0.4, 0.5) is 5.69 Å². The minimum absolute atomic E-state index is 0. The fourth-order valence-corrected chi connectivity index (χ4v) is 3.66. The Morgan fingerprint density at radius 2 is 1.83 bits per heavy atom. The standard InChI is InChI=1S/C23H19Cl2N2O2.Fe/c1-13-10-14(2)21(15(3)11-13)26-12-17(28)19-18(16-8-6-5-7-9-16)23(29-4)27-22(25)20(19)24;/h5-8,10-12H,1-4H3;/q-1;. The van der Waals surface area contributed by atoms with Crippen molar-refractivity contribution in [3.63, 3.8) is 0 Å². The third kappa shape index (κ3) is 4.93. The van der Waals surface area contributed by atoms with Gasteiger partial charge in [-0.25, -0.2) is 4.98 Å². The molecule has 1 heterocycles. The summed E-state index contributed by atoms with van der Waals surface area (Å²) in [6.07, 6.45) is 1.26. The van der Waals surface area contributed by atoms with Crippen molar-refractivity contribution >= 4 is 40.9 Å². The minimum Gasteiger partial charge on any atom is -0.487 e. The van der Waals surface area contributed by atoms with Crippen LogP contribution in [0.5, 0.6) is 5.88 Å². The number of ether oxygens (including phenoxy) is 1. The Hall–Kier alpha value is -2.17. The van der Waals surface area contributed by atoms with Crippen molar-refractivity contribution in [2.45, 2.75) is 20.8 Å². The van der Waals surface area contributed by atoms with Gasteiger partial charge in [-0.2, -0.15) is 0 Å². The second-order valence-electron chi connectivity index (χ2n) is 6.62. The number of pyridine rings is 1. The van der Waals surface area contributed by atoms with E-state index in [9.17, 15) is 4.79 Å². The summed E-state index contributed by atoms with van der Waals surface area (Å²) in [5.41, 5.74) is 5.09. The van der Waals surface area contributed by atoms with E-state index in [4.69, 9.17) is 27.9 Å². The van der Waals surface area contributed by atoms with Crippen molar-refractivity contribution in [2.75, 3.05) is 7.11 Å². The summed E-state index contributed by atoms with van der Waals surface area (Å²) in [6.45, 7) is 5.94. The van der Waals surface area contributed by atoms with Crippen molar-refractivity contribution in [2.24, 2.45) is 4.99 Å². The van der Waals surface area contributed by atoms with Gasteiger partial charge in [0.25, 0.3) is 0 Å². The van der Waals surface area contributed by atoms with Gasteiger partial charge >= 0.3 is 0 Å². The van der Waals surface area contributed by atoms with Gasteiger partial charge in [0.05, 0.1) is 24.0 Å². The largest absolute Gasteiger partial charge is 0.487 e. The van der Waals surface area contributed by atoms with Crippen molar-refractivity contribution in [3.8, 4) is 17.0 Å². The van der Waals surface area contributed by atoms with Crippen molar-refractivity contribution in [1.29, 1.82) is 0 Å². The molecule has 0 atom stereocenters. The van der Waals surface area contributed by atoms with E-state index in [1.807, 2.05) is 45.0 Å². The Labute approximate surface area is 196 Å². The Kier molecular flexibility index (Phi) is 8.22. The number of halogens is 2. The number of benzene rings is 2. The van der Waals surface area contributed by atoms with E-state index in [0.29, 0.717) is 11.1 Å². The van der Waals surface area contributed by atoms with Gasteiger partial charge in [-0.3, -0.25) is 9.79 Å². The maximum Gasteiger partial charge on any atom is 0.197 e. The van der Waals surface area contributed by atoms with Crippen molar-refractivity contribution in [3.05, 3.63) is 74.9 Å². The van der Waals surface area contributed by atoms with Gasteiger partial charge < -0.3 is 4.74 Å². The third-order valence-corrected chi connectivity index (χ3v) is 5.17. The van der Waals surface area contributed by atoms with Gasteiger partial charge in [0.15, 0.2) is 16.8 Å². The van der Waals surface area contributed by atoms with Crippen LogP contribution in [0.2, 0.25) is 10.2 Å². The number of aryl methyl sites for hydroxylation is 3. The smallest absolute Gasteiger partial charge is 0.197 e. The molecule has 0 saturated heterocycles. The molecule has 0 saturated carbocycles. The average Bonchev–Trinajstić information content (AvgIpc) is 2.69. The molecule has 0 amide bonds. The van der Waals surface area contributed by atoms with Crippen LogP contribution >= 0.6 is 23.2 Å². The molecule has 3 rings (SSSR count). The Bertz CT molecular complexity index is 1090. The summed E-state index contributed by atoms with van der Waals surface area (Å²) in [6, 6.07) is 14.3. The first-order valence-electron chi connectivity index (χ1n) is 8.89. The molecule has 156 valence electrons. The number of ketones is 1. The van der Waals surface area contributed by atoms with E-state index >= 15 is 0 Å². The summed E-state index contributed by atoms with van der Waals surface area (Å²) in [5, 5.41) is 0.0381. The Balaban J connectivity index is 0.00000320. The second kappa shape index (κ2) is 10.2. The number of Topliss-reactive ketones (excluding diaryl/α,β-unsaturated/α-hetero) is 1. The quantitative estimate of drug-likeness (QED) is 0.140. The number of aromatic nitrogens is 1. The first-order chi connectivity index (χ1) is 13.8. The molecule has 0 bridgehead atoms. The van der Waals surface area contributed by atoms with E-state index in [0.717, 1.165) is 22.4 Å². The molecule has 0 spiro atoms. The number of aliphatic imine (C=N–C) groups is 1. The van der Waals surface area contributed by atoms with Crippen LogP contribution in [-0.2, 0) is 17.1 Å². The van der Waals surface area contributed by atoms with Crippen LogP contribution in [0, 0.1) is 26.8 Å². The van der Waals surface area contributed by atoms with E-state index in [2.05, 4.69) is 16.0 Å². The molecule has 0 radical (unpaired) electrons. The first kappa shape index (κ1) is 24.1. The third-order valence-electron chi connectivity index (χ3n) is 4.43. The second-order valence-corrected chi connectivity index (χ2v) is 7.36. The van der Waals surface area contributed by atoms with Gasteiger partial charge in [-0.05, 0) is 37.5 Å². The molecule has 0 aliphatic heterocycles. The molecule has 30 heavy (non-hydrogen) atoms. The monoisotopic (exact) mass is 481 g/mol. The van der Waals surface area contributed by atoms with Gasteiger partial charge in [0.2, 0.25) is 0 Å². The molecule has 0 unspecified atom stereocenters. The molecule has 0 aliphatic carbocycles. The molecule has 2 aromatic carbocycles. The topological polar surface area (TPSA) is 51.5 Å². The van der Waals surface area contributed by atoms with E-state index < -0.39 is 5.78 Å². The van der Waals surface area contributed by atoms with Crippen LogP contribution in [0.3, 0.4) is 0 Å². The maximum absolute atomic E-state index is 13.2. The van der Waals surface area contributed by atoms with Crippen LogP contribution < -0.4 is 4.74 Å². The Morgan fingerprint density at radius 3 is 2.40 bits per heavy atom. The molecule has 0 aliphatic rings. The van der Waals surface area contributed by atoms with Crippen LogP contribution in [0.25, 0.3) is 11.1 Å². The predicted octanol–water partition coefficient (Wildman–Crippen LogP) is 6.37. The molecular formula is C23H19Cl2FeN2O2-.